The molecule has 5 rings (SSSR count). The number of primary sulfonamides is 1. The molecule has 0 saturated carbocycles. The van der Waals surface area contributed by atoms with E-state index in [1.165, 1.54) is 49.2 Å². The Morgan fingerprint density at radius 3 is 2.22 bits per heavy atom. The van der Waals surface area contributed by atoms with Gasteiger partial charge in [0.1, 0.15) is 11.4 Å². The zero-order valence-corrected chi connectivity index (χ0v) is 26.0. The van der Waals surface area contributed by atoms with Crippen molar-refractivity contribution in [3.05, 3.63) is 120 Å². The summed E-state index contributed by atoms with van der Waals surface area (Å²) in [6.45, 7) is 0. The highest BCUT2D eigenvalue weighted by Gasteiger charge is 2.40. The molecule has 1 atom stereocenters. The number of hydrogen-bond acceptors (Lipinski definition) is 8. The van der Waals surface area contributed by atoms with Gasteiger partial charge in [-0.2, -0.15) is 0 Å². The molecule has 0 aromatic heterocycles. The average Bonchev–Trinajstić information content (AvgIpc) is 3.33. The number of nitrogens with two attached hydrogens (primary N) is 1. The molecule has 13 heteroatoms. The summed E-state index contributed by atoms with van der Waals surface area (Å²) in [5.41, 5.74) is 1.63. The molecule has 0 bridgehead atoms. The fourth-order valence-electron chi connectivity index (χ4n) is 4.62. The van der Waals surface area contributed by atoms with Crippen LogP contribution in [0.3, 0.4) is 0 Å². The summed E-state index contributed by atoms with van der Waals surface area (Å²) >= 11 is 1.19. The van der Waals surface area contributed by atoms with Crippen LogP contribution in [-0.2, 0) is 24.4 Å². The van der Waals surface area contributed by atoms with Gasteiger partial charge in [0.25, 0.3) is 11.8 Å². The number of nitrogens with one attached hydrogen (secondary N) is 2. The van der Waals surface area contributed by atoms with Crippen molar-refractivity contribution in [1.29, 1.82) is 0 Å². The van der Waals surface area contributed by atoms with E-state index in [2.05, 4.69) is 10.6 Å². The summed E-state index contributed by atoms with van der Waals surface area (Å²) in [5.74, 6) is -1.37. The molecule has 234 valence electrons. The highest BCUT2D eigenvalue weighted by atomic mass is 32.2. The summed E-state index contributed by atoms with van der Waals surface area (Å²) in [5, 5.41) is 9.91. The number of anilines is 2. The minimum atomic E-state index is -3.92. The number of amides is 4. The Balaban J connectivity index is 1.28. The van der Waals surface area contributed by atoms with Crippen LogP contribution in [0.1, 0.15) is 22.3 Å². The molecule has 1 aliphatic heterocycles. The van der Waals surface area contributed by atoms with E-state index in [1.54, 1.807) is 78.9 Å². The van der Waals surface area contributed by atoms with Crippen molar-refractivity contribution in [2.24, 2.45) is 5.14 Å². The number of benzene rings is 4. The summed E-state index contributed by atoms with van der Waals surface area (Å²) in [7, 11) is -2.41. The number of methoxy groups -OCH3 is 1. The van der Waals surface area contributed by atoms with Crippen LogP contribution in [0.15, 0.2) is 119 Å². The molecule has 46 heavy (non-hydrogen) atoms. The molecule has 1 aliphatic rings. The predicted octanol–water partition coefficient (Wildman–Crippen LogP) is 4.18. The van der Waals surface area contributed by atoms with E-state index < -0.39 is 38.9 Å². The van der Waals surface area contributed by atoms with Gasteiger partial charge in [0.05, 0.1) is 22.9 Å². The Morgan fingerprint density at radius 2 is 1.57 bits per heavy atom. The van der Waals surface area contributed by atoms with E-state index in [-0.39, 0.29) is 22.7 Å². The van der Waals surface area contributed by atoms with Crippen LogP contribution in [0, 0.1) is 0 Å². The maximum atomic E-state index is 13.4. The topological polar surface area (TPSA) is 165 Å². The summed E-state index contributed by atoms with van der Waals surface area (Å²) in [4.78, 5) is 53.7. The summed E-state index contributed by atoms with van der Waals surface area (Å²) in [6.07, 6.45) is 1.48. The smallest absolute Gasteiger partial charge is 0.272 e. The van der Waals surface area contributed by atoms with Gasteiger partial charge in [-0.3, -0.25) is 19.2 Å². The van der Waals surface area contributed by atoms with Gasteiger partial charge in [0.2, 0.25) is 21.8 Å². The van der Waals surface area contributed by atoms with E-state index in [1.807, 2.05) is 0 Å². The molecule has 1 saturated heterocycles. The Morgan fingerprint density at radius 1 is 0.913 bits per heavy atom. The summed E-state index contributed by atoms with van der Waals surface area (Å²) < 4.78 is 28.5. The molecule has 4 aromatic rings. The van der Waals surface area contributed by atoms with E-state index in [4.69, 9.17) is 9.88 Å². The van der Waals surface area contributed by atoms with Crippen molar-refractivity contribution in [3.8, 4) is 5.75 Å². The number of para-hydroxylation sites is 1. The number of carbonyl (C=O) groups excluding carboxylic acids is 4. The molecular weight excluding hydrogens is 629 g/mol. The predicted molar refractivity (Wildman–Crippen MR) is 175 cm³/mol. The van der Waals surface area contributed by atoms with Gasteiger partial charge in [0, 0.05) is 28.1 Å². The second kappa shape index (κ2) is 13.8. The quantitative estimate of drug-likeness (QED) is 0.169. The first-order valence-electron chi connectivity index (χ1n) is 13.8. The van der Waals surface area contributed by atoms with Crippen molar-refractivity contribution in [2.75, 3.05) is 17.3 Å². The lowest BCUT2D eigenvalue weighted by Gasteiger charge is -2.15. The van der Waals surface area contributed by atoms with Gasteiger partial charge >= 0.3 is 0 Å². The fraction of sp³-hybridized carbons (Fsp3) is 0.0909. The van der Waals surface area contributed by atoms with Crippen molar-refractivity contribution in [3.63, 3.8) is 0 Å². The first-order chi connectivity index (χ1) is 22.0. The molecule has 4 aromatic carbocycles. The molecule has 1 heterocycles. The molecule has 1 fully saturated rings. The van der Waals surface area contributed by atoms with Gasteiger partial charge in [0.15, 0.2) is 0 Å². The monoisotopic (exact) mass is 656 g/mol. The van der Waals surface area contributed by atoms with Gasteiger partial charge in [-0.05, 0) is 72.8 Å². The number of nitrogens with zero attached hydrogens (tertiary/aromatic N) is 1. The molecule has 0 aliphatic carbocycles. The lowest BCUT2D eigenvalue weighted by molar-refractivity contribution is -0.121. The van der Waals surface area contributed by atoms with Gasteiger partial charge < -0.3 is 15.4 Å². The zero-order chi connectivity index (χ0) is 32.8. The number of thioether (sulfide) groups is 1. The average molecular weight is 657 g/mol. The third-order valence-corrected chi connectivity index (χ3v) is 9.01. The van der Waals surface area contributed by atoms with Crippen LogP contribution in [-0.4, -0.2) is 44.4 Å². The number of rotatable bonds is 10. The van der Waals surface area contributed by atoms with Crippen LogP contribution in [0.25, 0.3) is 6.08 Å². The first kappa shape index (κ1) is 32.2. The maximum Gasteiger partial charge on any atom is 0.272 e. The fourth-order valence-corrected chi connectivity index (χ4v) is 6.18. The molecular formula is C33H28N4O7S2. The van der Waals surface area contributed by atoms with Crippen molar-refractivity contribution in [2.45, 2.75) is 21.5 Å². The van der Waals surface area contributed by atoms with Crippen LogP contribution in [0.4, 0.5) is 11.4 Å². The molecule has 4 amide bonds. The minimum absolute atomic E-state index is 0.0101. The van der Waals surface area contributed by atoms with Crippen molar-refractivity contribution < 1.29 is 32.3 Å². The number of sulfonamides is 1. The molecule has 0 spiro atoms. The van der Waals surface area contributed by atoms with Gasteiger partial charge in [-0.1, -0.05) is 36.4 Å². The minimum Gasteiger partial charge on any atom is -0.496 e. The van der Waals surface area contributed by atoms with Crippen LogP contribution < -0.4 is 25.4 Å². The SMILES string of the molecule is COc1ccccc1/C=C(\NC(=O)c1ccccc1)C(=O)Nc1ccc(SC2CC(=O)N(c3ccc(S(N)(=O)=O)cc3)C2=O)cc1. The Labute approximate surface area is 269 Å². The standard InChI is InChI=1S/C33H28N4O7S2/c1-44-28-10-6-5-9-22(28)19-27(36-31(39)21-7-3-2-4-8-21)32(40)35-23-11-15-25(16-12-23)45-29-20-30(38)37(33(29)41)24-13-17-26(18-14-24)46(34,42)43/h2-19,29H,20H2,1H3,(H,35,40)(H,36,39)(H2,34,42,43)/b27-19-. The van der Waals surface area contributed by atoms with E-state index in [0.29, 0.717) is 27.5 Å². The lowest BCUT2D eigenvalue weighted by atomic mass is 10.1. The van der Waals surface area contributed by atoms with E-state index >= 15 is 0 Å². The number of hydrogen-bond donors (Lipinski definition) is 3. The lowest BCUT2D eigenvalue weighted by Crippen LogP contribution is -2.31. The normalized spacial score (nSPS) is 15.0. The zero-order valence-electron chi connectivity index (χ0n) is 24.4. The Bertz CT molecular complexity index is 1930. The van der Waals surface area contributed by atoms with Gasteiger partial charge in [-0.25, -0.2) is 18.5 Å². The molecule has 0 radical (unpaired) electrons. The molecule has 4 N–H and O–H groups in total. The third kappa shape index (κ3) is 7.51. The van der Waals surface area contributed by atoms with Crippen LogP contribution in [0.2, 0.25) is 0 Å². The largest absolute Gasteiger partial charge is 0.496 e. The number of carbonyl (C=O) groups is 4. The highest BCUT2D eigenvalue weighted by Crippen LogP contribution is 2.34. The molecule has 1 unspecified atom stereocenters. The Hall–Kier alpha value is -5.24. The third-order valence-electron chi connectivity index (χ3n) is 6.89. The Kier molecular flexibility index (Phi) is 9.66. The van der Waals surface area contributed by atoms with Crippen LogP contribution >= 0.6 is 11.8 Å². The maximum absolute atomic E-state index is 13.4. The van der Waals surface area contributed by atoms with Gasteiger partial charge in [-0.15, -0.1) is 11.8 Å². The number of ether oxygens (including phenoxy) is 1. The van der Waals surface area contributed by atoms with Crippen molar-refractivity contribution >= 4 is 62.9 Å². The molecule has 11 nitrogen and oxygen atoms in total. The van der Waals surface area contributed by atoms with Crippen molar-refractivity contribution in [1.82, 2.24) is 5.32 Å². The highest BCUT2D eigenvalue weighted by molar-refractivity contribution is 8.00. The van der Waals surface area contributed by atoms with Crippen LogP contribution in [0.5, 0.6) is 5.75 Å². The van der Waals surface area contributed by atoms with E-state index in [9.17, 15) is 27.6 Å². The first-order valence-corrected chi connectivity index (χ1v) is 16.2. The second-order valence-electron chi connectivity index (χ2n) is 10.0. The second-order valence-corrected chi connectivity index (χ2v) is 12.9. The summed E-state index contributed by atoms with van der Waals surface area (Å²) in [6, 6.07) is 27.4. The van der Waals surface area contributed by atoms with E-state index in [0.717, 1.165) is 4.90 Å². The number of imide groups is 1.